The minimum Gasteiger partial charge on any atom is -0.462 e. The van der Waals surface area contributed by atoms with Crippen molar-refractivity contribution < 1.29 is 41.7 Å². The van der Waals surface area contributed by atoms with Crippen LogP contribution in [0.5, 0.6) is 6.01 Å². The first-order valence-electron chi connectivity index (χ1n) is 22.5. The fraction of sp³-hybridized carbons (Fsp3) is 0.596. The van der Waals surface area contributed by atoms with Crippen LogP contribution in [0.2, 0.25) is 18.1 Å². The van der Waals surface area contributed by atoms with Gasteiger partial charge in [-0.3, -0.25) is 10.2 Å². The van der Waals surface area contributed by atoms with Gasteiger partial charge in [0.2, 0.25) is 0 Å². The van der Waals surface area contributed by atoms with E-state index in [1.165, 1.54) is 12.1 Å². The molecular formula is C47H61F2N7O7SSi. The Morgan fingerprint density at radius 3 is 2.32 bits per heavy atom. The van der Waals surface area contributed by atoms with Gasteiger partial charge in [-0.15, -0.1) is 11.3 Å². The number of nitrogens with one attached hydrogen (secondary N) is 1. The van der Waals surface area contributed by atoms with Crippen molar-refractivity contribution in [1.29, 1.82) is 5.26 Å². The Hall–Kier alpha value is -4.67. The quantitative estimate of drug-likeness (QED) is 0.151. The number of aromatic nitrogens is 2. The number of anilines is 2. The highest BCUT2D eigenvalue weighted by atomic mass is 32.1. The molecule has 4 aliphatic rings. The Kier molecular flexibility index (Phi) is 12.4. The minimum atomic E-state index is -1.94. The number of hydrogen-bond donors (Lipinski definition) is 1. The fourth-order valence-electron chi connectivity index (χ4n) is 9.12. The van der Waals surface area contributed by atoms with Crippen LogP contribution in [-0.2, 0) is 31.9 Å². The number of carbonyl (C=O) groups excluding carboxylic acids is 2. The molecule has 2 bridgehead atoms. The third-order valence-electron chi connectivity index (χ3n) is 13.2. The lowest BCUT2D eigenvalue weighted by molar-refractivity contribution is 0.00842. The van der Waals surface area contributed by atoms with Crippen LogP contribution in [0, 0.1) is 23.0 Å². The molecule has 14 nitrogen and oxygen atoms in total. The fourth-order valence-corrected chi connectivity index (χ4v) is 11.2. The number of rotatable bonds is 10. The summed E-state index contributed by atoms with van der Waals surface area (Å²) in [6, 6.07) is 4.62. The van der Waals surface area contributed by atoms with Gasteiger partial charge in [-0.1, -0.05) is 20.8 Å². The van der Waals surface area contributed by atoms with E-state index in [1.807, 2.05) is 20.8 Å². The molecule has 2 amide bonds. The van der Waals surface area contributed by atoms with Crippen molar-refractivity contribution in [3.63, 3.8) is 0 Å². The number of piperidine rings is 1. The molecule has 0 radical (unpaired) electrons. The monoisotopic (exact) mass is 933 g/mol. The van der Waals surface area contributed by atoms with Crippen LogP contribution in [-0.4, -0.2) is 109 Å². The summed E-state index contributed by atoms with van der Waals surface area (Å²) in [7, 11) is -1.94. The number of nitrogens with zero attached hydrogens (tertiary/aromatic N) is 6. The number of halogens is 2. The van der Waals surface area contributed by atoms with E-state index in [9.17, 15) is 14.9 Å². The van der Waals surface area contributed by atoms with Crippen LogP contribution in [0.4, 0.5) is 29.2 Å². The van der Waals surface area contributed by atoms with E-state index in [0.29, 0.717) is 46.7 Å². The molecule has 0 saturated carbocycles. The highest BCUT2D eigenvalue weighted by molar-refractivity contribution is 7.23. The number of amides is 2. The largest absolute Gasteiger partial charge is 0.462 e. The van der Waals surface area contributed by atoms with Crippen molar-refractivity contribution in [1.82, 2.24) is 19.8 Å². The molecule has 3 fully saturated rings. The van der Waals surface area contributed by atoms with E-state index in [4.69, 9.17) is 33.3 Å². The predicted molar refractivity (Wildman–Crippen MR) is 249 cm³/mol. The summed E-state index contributed by atoms with van der Waals surface area (Å²) in [4.78, 5) is 42.1. The lowest BCUT2D eigenvalue weighted by Gasteiger charge is -2.56. The number of ether oxygens (including phenoxy) is 4. The maximum Gasteiger partial charge on any atom is 0.412 e. The average molecular weight is 934 g/mol. The van der Waals surface area contributed by atoms with Crippen LogP contribution in [0.3, 0.4) is 0 Å². The number of benzene rings is 2. The number of fused-ring (bicyclic) bond motifs is 6. The van der Waals surface area contributed by atoms with Crippen LogP contribution >= 0.6 is 11.3 Å². The number of carbonyl (C=O) groups is 2. The molecule has 2 aromatic heterocycles. The van der Waals surface area contributed by atoms with Gasteiger partial charge in [0.15, 0.2) is 14.1 Å². The topological polar surface area (TPSA) is 152 Å². The molecular weight excluding hydrogens is 873 g/mol. The van der Waals surface area contributed by atoms with E-state index >= 15 is 8.78 Å². The van der Waals surface area contributed by atoms with Crippen molar-refractivity contribution in [3.8, 4) is 23.2 Å². The molecule has 0 spiro atoms. The van der Waals surface area contributed by atoms with Gasteiger partial charge >= 0.3 is 18.2 Å². The molecule has 6 heterocycles. The molecule has 350 valence electrons. The summed E-state index contributed by atoms with van der Waals surface area (Å²) in [5.41, 5.74) is -0.757. The standard InChI is InChI=1S/C47H61F2N7O7SSi/c1-45(2,3)62-43(57)53-41-29(20-50)34-33(64-41)15-14-32(48)37(34)35-30-24-59-25-31(30)36-39(38(35)49)51-42(60-23-26-13-12-16-54(26)17-18-61-65(10,11)47(7,8)9)52-40(36)56-27-19-28(56)22-55(21-27)44(58)63-46(4,5)6/h14-15,26-28H,12-13,16-19,21-25H2,1-11H3,(H,53,57)/t26-,27?,28?/m0/s1. The normalized spacial score (nSPS) is 20.2. The summed E-state index contributed by atoms with van der Waals surface area (Å²) in [5, 5.41) is 14.0. The van der Waals surface area contributed by atoms with Crippen LogP contribution in [0.25, 0.3) is 32.1 Å². The number of piperazine rings is 1. The molecule has 18 heteroatoms. The van der Waals surface area contributed by atoms with Crippen LogP contribution < -0.4 is 15.0 Å². The number of likely N-dealkylation sites (tertiary alicyclic amines) is 2. The summed E-state index contributed by atoms with van der Waals surface area (Å²) in [6.45, 7) is 25.2. The van der Waals surface area contributed by atoms with Crippen molar-refractivity contribution in [2.45, 2.75) is 142 Å². The molecule has 65 heavy (non-hydrogen) atoms. The summed E-state index contributed by atoms with van der Waals surface area (Å²) < 4.78 is 65.2. The lowest BCUT2D eigenvalue weighted by Crippen LogP contribution is -2.70. The minimum absolute atomic E-state index is 0.0228. The van der Waals surface area contributed by atoms with Crippen molar-refractivity contribution in [2.75, 3.05) is 49.6 Å². The van der Waals surface area contributed by atoms with E-state index in [0.717, 1.165) is 43.7 Å². The molecule has 0 aliphatic carbocycles. The molecule has 2 unspecified atom stereocenters. The molecule has 4 aromatic rings. The SMILES string of the molecule is CC(C)(C)OC(=O)Nc1sc2ccc(F)c(-c3c4c(c5c(N6C7CC6CN(C(=O)OC(C)(C)C)C7)nc(OC[C@@H]6CCCN6CCO[Si](C)(C)C(C)(C)C)nc5c3F)COC4)c2c1C#N. The molecule has 2 aromatic carbocycles. The molecule has 8 rings (SSSR count). The smallest absolute Gasteiger partial charge is 0.412 e. The second-order valence-electron chi connectivity index (χ2n) is 21.1. The van der Waals surface area contributed by atoms with E-state index in [2.05, 4.69) is 55.1 Å². The first-order chi connectivity index (χ1) is 30.4. The highest BCUT2D eigenvalue weighted by Crippen LogP contribution is 2.50. The molecule has 3 saturated heterocycles. The Labute approximate surface area is 384 Å². The van der Waals surface area contributed by atoms with Gasteiger partial charge < -0.3 is 33.2 Å². The highest BCUT2D eigenvalue weighted by Gasteiger charge is 2.49. The first-order valence-corrected chi connectivity index (χ1v) is 26.2. The van der Waals surface area contributed by atoms with Gasteiger partial charge in [-0.05, 0) is 109 Å². The number of nitriles is 1. The third-order valence-corrected chi connectivity index (χ3v) is 18.8. The number of thiophene rings is 1. The van der Waals surface area contributed by atoms with Gasteiger partial charge in [0, 0.05) is 53.5 Å². The van der Waals surface area contributed by atoms with E-state index in [1.54, 1.807) is 25.7 Å². The third kappa shape index (κ3) is 9.23. The van der Waals surface area contributed by atoms with Crippen LogP contribution in [0.15, 0.2) is 12.1 Å². The second kappa shape index (κ2) is 17.2. The first kappa shape index (κ1) is 46.8. The van der Waals surface area contributed by atoms with E-state index < -0.39 is 43.3 Å². The lowest BCUT2D eigenvalue weighted by atomic mass is 9.86. The Morgan fingerprint density at radius 1 is 0.969 bits per heavy atom. The van der Waals surface area contributed by atoms with Gasteiger partial charge in [-0.25, -0.2) is 18.4 Å². The summed E-state index contributed by atoms with van der Waals surface area (Å²) in [5.74, 6) is -1.11. The van der Waals surface area contributed by atoms with Gasteiger partial charge in [-0.2, -0.15) is 15.2 Å². The van der Waals surface area contributed by atoms with Crippen molar-refractivity contribution >= 4 is 63.6 Å². The van der Waals surface area contributed by atoms with Crippen LogP contribution in [0.1, 0.15) is 98.3 Å². The zero-order chi connectivity index (χ0) is 47.0. The van der Waals surface area contributed by atoms with E-state index in [-0.39, 0.29) is 81.6 Å². The van der Waals surface area contributed by atoms with Gasteiger partial charge in [0.05, 0.1) is 36.2 Å². The Morgan fingerprint density at radius 2 is 1.66 bits per heavy atom. The maximum atomic E-state index is 18.0. The Bertz CT molecular complexity index is 2570. The predicted octanol–water partition coefficient (Wildman–Crippen LogP) is 10.1. The zero-order valence-electron chi connectivity index (χ0n) is 39.4. The summed E-state index contributed by atoms with van der Waals surface area (Å²) in [6.07, 6.45) is 1.50. The van der Waals surface area contributed by atoms with Gasteiger partial charge in [0.1, 0.15) is 46.0 Å². The molecule has 3 atom stereocenters. The van der Waals surface area contributed by atoms with Crippen molar-refractivity contribution in [3.05, 3.63) is 40.5 Å². The molecule has 4 aliphatic heterocycles. The van der Waals surface area contributed by atoms with Gasteiger partial charge in [0.25, 0.3) is 0 Å². The average Bonchev–Trinajstić information content (AvgIpc) is 3.95. The zero-order valence-corrected chi connectivity index (χ0v) is 41.2. The maximum absolute atomic E-state index is 18.0. The molecule has 1 N–H and O–H groups in total. The Balaban J connectivity index is 1.21. The number of hydrogen-bond acceptors (Lipinski definition) is 13. The second-order valence-corrected chi connectivity index (χ2v) is 27.0. The summed E-state index contributed by atoms with van der Waals surface area (Å²) >= 11 is 1.07. The van der Waals surface area contributed by atoms with Crippen molar-refractivity contribution in [2.24, 2.45) is 0 Å².